The van der Waals surface area contributed by atoms with Crippen molar-refractivity contribution in [2.24, 2.45) is 5.73 Å². The third-order valence-electron chi connectivity index (χ3n) is 8.87. The molecule has 50 heavy (non-hydrogen) atoms. The maximum atomic E-state index is 12.6. The van der Waals surface area contributed by atoms with Crippen molar-refractivity contribution in [3.8, 4) is 0 Å². The maximum absolute atomic E-state index is 12.6. The monoisotopic (exact) mass is 730 g/mol. The fourth-order valence-electron chi connectivity index (χ4n) is 5.78. The lowest BCUT2D eigenvalue weighted by Crippen LogP contribution is -2.28. The zero-order valence-electron chi connectivity index (χ0n) is 32.6. The van der Waals surface area contributed by atoms with Crippen LogP contribution in [0.2, 0.25) is 0 Å². The predicted octanol–water partition coefficient (Wildman–Crippen LogP) is 12.1. The number of unbranched alkanes of at least 4 members (excludes halogenated alkanes) is 23. The minimum atomic E-state index is -4.27. The van der Waals surface area contributed by atoms with Gasteiger partial charge < -0.3 is 20.1 Å². The van der Waals surface area contributed by atoms with E-state index in [0.717, 1.165) is 44.9 Å². The van der Waals surface area contributed by atoms with Gasteiger partial charge in [0.2, 0.25) is 0 Å². The Bertz CT molecular complexity index is 823. The van der Waals surface area contributed by atoms with Gasteiger partial charge in [-0.1, -0.05) is 173 Å². The predicted molar refractivity (Wildman–Crippen MR) is 210 cm³/mol. The first-order valence-corrected chi connectivity index (χ1v) is 22.3. The molecule has 0 aliphatic rings. The van der Waals surface area contributed by atoms with Gasteiger partial charge in [0.25, 0.3) is 0 Å². The zero-order chi connectivity index (χ0) is 36.6. The first-order chi connectivity index (χ1) is 24.4. The molecule has 0 heterocycles. The molecule has 296 valence electrons. The molecule has 8 nitrogen and oxygen atoms in total. The number of carbonyl (C=O) groups excluding carboxylic acids is 1. The summed E-state index contributed by atoms with van der Waals surface area (Å²) in [5, 5.41) is 0. The van der Waals surface area contributed by atoms with Gasteiger partial charge in [0, 0.05) is 19.6 Å². The lowest BCUT2D eigenvalue weighted by atomic mass is 10.0. The smallest absolute Gasteiger partial charge is 0.457 e. The van der Waals surface area contributed by atoms with Crippen LogP contribution in [0, 0.1) is 0 Å². The molecular formula is C41H80NO7P. The van der Waals surface area contributed by atoms with Crippen LogP contribution in [0.25, 0.3) is 0 Å². The second-order valence-electron chi connectivity index (χ2n) is 13.9. The number of phosphoric ester groups is 1. The molecule has 0 rings (SSSR count). The van der Waals surface area contributed by atoms with Gasteiger partial charge in [-0.25, -0.2) is 4.57 Å². The summed E-state index contributed by atoms with van der Waals surface area (Å²) in [4.78, 5) is 22.4. The molecule has 0 aromatic heterocycles. The highest BCUT2D eigenvalue weighted by Crippen LogP contribution is 2.43. The minimum absolute atomic E-state index is 0.0958. The molecule has 2 unspecified atom stereocenters. The van der Waals surface area contributed by atoms with Gasteiger partial charge in [0.1, 0.15) is 6.10 Å². The summed E-state index contributed by atoms with van der Waals surface area (Å²) >= 11 is 0. The highest BCUT2D eigenvalue weighted by atomic mass is 31.2. The van der Waals surface area contributed by atoms with Crippen LogP contribution in [0.1, 0.15) is 194 Å². The van der Waals surface area contributed by atoms with Crippen LogP contribution in [0.4, 0.5) is 0 Å². The van der Waals surface area contributed by atoms with Crippen molar-refractivity contribution in [3.05, 3.63) is 24.3 Å². The van der Waals surface area contributed by atoms with Crippen LogP contribution in [0.3, 0.4) is 0 Å². The molecular weight excluding hydrogens is 649 g/mol. The van der Waals surface area contributed by atoms with E-state index in [1.807, 2.05) is 0 Å². The lowest BCUT2D eigenvalue weighted by Gasteiger charge is -2.20. The summed E-state index contributed by atoms with van der Waals surface area (Å²) in [5.74, 6) is -0.332. The second kappa shape index (κ2) is 39.2. The van der Waals surface area contributed by atoms with Gasteiger partial charge >= 0.3 is 13.8 Å². The second-order valence-corrected chi connectivity index (χ2v) is 15.3. The maximum Gasteiger partial charge on any atom is 0.472 e. The number of carbonyl (C=O) groups is 1. The fraction of sp³-hybridized carbons (Fsp3) is 0.878. The van der Waals surface area contributed by atoms with Crippen LogP contribution in [0.15, 0.2) is 24.3 Å². The van der Waals surface area contributed by atoms with Crippen molar-refractivity contribution in [3.63, 3.8) is 0 Å². The van der Waals surface area contributed by atoms with E-state index in [2.05, 4.69) is 38.2 Å². The number of rotatable bonds is 40. The van der Waals surface area contributed by atoms with E-state index in [9.17, 15) is 14.3 Å². The van der Waals surface area contributed by atoms with E-state index in [1.165, 1.54) is 128 Å². The standard InChI is InChI=1S/C41H80NO7P/c1-3-5-7-9-11-13-15-17-19-20-22-24-26-28-30-32-34-41(43)49-40(39-48-50(44,45)47-37-35-42)38-46-36-33-31-29-27-25-23-21-18-16-14-12-10-8-6-4-2/h10,12,16,18,40H,3-9,11,13-15,17,19-39,42H2,1-2H3,(H,44,45)/b12-10-,18-16-. The van der Waals surface area contributed by atoms with Crippen molar-refractivity contribution < 1.29 is 32.8 Å². The van der Waals surface area contributed by atoms with Crippen LogP contribution in [0.5, 0.6) is 0 Å². The lowest BCUT2D eigenvalue weighted by molar-refractivity contribution is -0.154. The van der Waals surface area contributed by atoms with Crippen molar-refractivity contribution in [2.75, 3.05) is 33.0 Å². The Labute approximate surface area is 308 Å². The average Bonchev–Trinajstić information content (AvgIpc) is 3.10. The van der Waals surface area contributed by atoms with Gasteiger partial charge in [-0.15, -0.1) is 0 Å². The summed E-state index contributed by atoms with van der Waals surface area (Å²) in [6.45, 7) is 4.88. The molecule has 0 aromatic carbocycles. The van der Waals surface area contributed by atoms with E-state index in [-0.39, 0.29) is 32.3 Å². The number of ether oxygens (including phenoxy) is 2. The quantitative estimate of drug-likeness (QED) is 0.0277. The summed E-state index contributed by atoms with van der Waals surface area (Å²) < 4.78 is 33.4. The molecule has 0 aliphatic heterocycles. The zero-order valence-corrected chi connectivity index (χ0v) is 33.5. The molecule has 0 saturated heterocycles. The fourth-order valence-corrected chi connectivity index (χ4v) is 6.54. The van der Waals surface area contributed by atoms with E-state index >= 15 is 0 Å². The topological polar surface area (TPSA) is 117 Å². The van der Waals surface area contributed by atoms with Crippen molar-refractivity contribution in [2.45, 2.75) is 200 Å². The van der Waals surface area contributed by atoms with E-state index < -0.39 is 13.9 Å². The number of hydrogen-bond donors (Lipinski definition) is 2. The number of esters is 1. The highest BCUT2D eigenvalue weighted by Gasteiger charge is 2.25. The molecule has 0 amide bonds. The van der Waals surface area contributed by atoms with Gasteiger partial charge in [-0.3, -0.25) is 13.8 Å². The first kappa shape index (κ1) is 49.0. The SMILES string of the molecule is CCCC/C=C\C/C=C\CCCCCCCCOCC(COP(=O)(O)OCCN)OC(=O)CCCCCCCCCCCCCCCCCC. The van der Waals surface area contributed by atoms with Crippen LogP contribution >= 0.6 is 7.82 Å². The highest BCUT2D eigenvalue weighted by molar-refractivity contribution is 7.47. The molecule has 0 saturated carbocycles. The van der Waals surface area contributed by atoms with E-state index in [1.54, 1.807) is 0 Å². The van der Waals surface area contributed by atoms with Crippen molar-refractivity contribution in [1.82, 2.24) is 0 Å². The first-order valence-electron chi connectivity index (χ1n) is 20.8. The average molecular weight is 730 g/mol. The summed E-state index contributed by atoms with van der Waals surface area (Å²) in [6, 6.07) is 0. The summed E-state index contributed by atoms with van der Waals surface area (Å²) in [6.07, 6.45) is 41.9. The third kappa shape index (κ3) is 38.2. The van der Waals surface area contributed by atoms with Crippen LogP contribution < -0.4 is 5.73 Å². The van der Waals surface area contributed by atoms with E-state index in [4.69, 9.17) is 24.3 Å². The molecule has 0 spiro atoms. The Hall–Kier alpha value is -1.02. The minimum Gasteiger partial charge on any atom is -0.457 e. The molecule has 0 aliphatic carbocycles. The van der Waals surface area contributed by atoms with Crippen LogP contribution in [-0.2, 0) is 27.9 Å². The molecule has 3 N–H and O–H groups in total. The van der Waals surface area contributed by atoms with Crippen molar-refractivity contribution >= 4 is 13.8 Å². The molecule has 0 aromatic rings. The summed E-state index contributed by atoms with van der Waals surface area (Å²) in [5.41, 5.74) is 5.36. The number of nitrogens with two attached hydrogens (primary N) is 1. The Morgan fingerprint density at radius 1 is 0.600 bits per heavy atom. The van der Waals surface area contributed by atoms with E-state index in [0.29, 0.717) is 13.0 Å². The van der Waals surface area contributed by atoms with Gasteiger partial charge in [-0.2, -0.15) is 0 Å². The normalized spacial score (nSPS) is 13.8. The Balaban J connectivity index is 4.04. The van der Waals surface area contributed by atoms with Crippen molar-refractivity contribution in [1.29, 1.82) is 0 Å². The Morgan fingerprint density at radius 3 is 1.62 bits per heavy atom. The molecule has 0 fully saturated rings. The third-order valence-corrected chi connectivity index (χ3v) is 9.86. The summed E-state index contributed by atoms with van der Waals surface area (Å²) in [7, 11) is -4.27. The Morgan fingerprint density at radius 2 is 1.08 bits per heavy atom. The van der Waals surface area contributed by atoms with Gasteiger partial charge in [0.15, 0.2) is 0 Å². The van der Waals surface area contributed by atoms with Gasteiger partial charge in [0.05, 0.1) is 19.8 Å². The molecule has 2 atom stereocenters. The number of phosphoric acid groups is 1. The molecule has 0 radical (unpaired) electrons. The number of hydrogen-bond acceptors (Lipinski definition) is 7. The molecule has 0 bridgehead atoms. The Kier molecular flexibility index (Phi) is 38.4. The number of allylic oxidation sites excluding steroid dienone is 4. The van der Waals surface area contributed by atoms with Crippen LogP contribution in [-0.4, -0.2) is 49.9 Å². The largest absolute Gasteiger partial charge is 0.472 e. The van der Waals surface area contributed by atoms with Gasteiger partial charge in [-0.05, 0) is 38.5 Å². The molecule has 9 heteroatoms.